The zero-order valence-corrected chi connectivity index (χ0v) is 14.8. The van der Waals surface area contributed by atoms with Crippen molar-refractivity contribution >= 4 is 22.8 Å². The number of likely N-dealkylation sites (tertiary alicyclic amines) is 1. The van der Waals surface area contributed by atoms with Crippen LogP contribution in [0, 0.1) is 11.6 Å². The number of amides is 3. The minimum absolute atomic E-state index is 0.0149. The monoisotopic (exact) mass is 364 g/mol. The average molecular weight is 364 g/mol. The first-order chi connectivity index (χ1) is 12.3. The highest BCUT2D eigenvalue weighted by Gasteiger charge is 2.27. The van der Waals surface area contributed by atoms with Gasteiger partial charge in [-0.05, 0) is 25.0 Å². The lowest BCUT2D eigenvalue weighted by Crippen LogP contribution is -2.52. The lowest BCUT2D eigenvalue weighted by atomic mass is 10.0. The number of carbonyl (C=O) groups excluding carboxylic acids is 2. The Hall–Kier alpha value is -2.64. The summed E-state index contributed by atoms with van der Waals surface area (Å²) in [6.45, 7) is 3.00. The topological polar surface area (TPSA) is 68.4 Å². The van der Waals surface area contributed by atoms with Gasteiger partial charge in [0.15, 0.2) is 11.6 Å². The molecule has 3 amide bonds. The highest BCUT2D eigenvalue weighted by atomic mass is 19.2. The van der Waals surface area contributed by atoms with Gasteiger partial charge in [-0.3, -0.25) is 4.79 Å². The maximum atomic E-state index is 13.3. The summed E-state index contributed by atoms with van der Waals surface area (Å²) in [6.07, 6.45) is 1.71. The molecule has 1 atom stereocenters. The van der Waals surface area contributed by atoms with Crippen LogP contribution in [-0.4, -0.2) is 52.9 Å². The Morgan fingerprint density at radius 1 is 1.31 bits per heavy atom. The molecule has 3 rings (SSSR count). The van der Waals surface area contributed by atoms with Crippen LogP contribution < -0.4 is 5.32 Å². The molecule has 2 heterocycles. The molecule has 1 aliphatic rings. The van der Waals surface area contributed by atoms with Gasteiger partial charge in [0, 0.05) is 49.7 Å². The Balaban J connectivity index is 1.60. The van der Waals surface area contributed by atoms with Crippen molar-refractivity contribution in [2.75, 3.05) is 20.1 Å². The normalized spacial score (nSPS) is 17.4. The fourth-order valence-corrected chi connectivity index (χ4v) is 3.30. The van der Waals surface area contributed by atoms with Crippen molar-refractivity contribution in [3.05, 3.63) is 35.5 Å². The van der Waals surface area contributed by atoms with Crippen LogP contribution in [0.4, 0.5) is 13.6 Å². The Labute approximate surface area is 150 Å². The molecular weight excluding hydrogens is 342 g/mol. The van der Waals surface area contributed by atoms with Gasteiger partial charge in [0.2, 0.25) is 5.91 Å². The number of fused-ring (bicyclic) bond motifs is 1. The molecule has 8 heteroatoms. The standard InChI is InChI=1S/C18H22F2N4O2/c1-11(25)24-5-3-4-14(10-24)23(2)18(26)21-9-13-6-12-7-15(19)16(20)8-17(12)22-13/h6-8,14,22H,3-5,9-10H2,1-2H3,(H,21,26)/t14-/m1/s1. The molecule has 0 saturated carbocycles. The summed E-state index contributed by atoms with van der Waals surface area (Å²) in [5, 5.41) is 3.34. The summed E-state index contributed by atoms with van der Waals surface area (Å²) >= 11 is 0. The molecule has 0 aliphatic carbocycles. The first-order valence-corrected chi connectivity index (χ1v) is 8.58. The van der Waals surface area contributed by atoms with Gasteiger partial charge >= 0.3 is 6.03 Å². The molecule has 2 aromatic rings. The van der Waals surface area contributed by atoms with Crippen LogP contribution in [0.5, 0.6) is 0 Å². The van der Waals surface area contributed by atoms with E-state index in [-0.39, 0.29) is 24.5 Å². The minimum atomic E-state index is -0.915. The number of H-pyrrole nitrogens is 1. The second-order valence-corrected chi connectivity index (χ2v) is 6.68. The van der Waals surface area contributed by atoms with Crippen molar-refractivity contribution in [1.82, 2.24) is 20.1 Å². The number of likely N-dealkylation sites (N-methyl/N-ethyl adjacent to an activating group) is 1. The van der Waals surface area contributed by atoms with E-state index < -0.39 is 11.6 Å². The molecule has 6 nitrogen and oxygen atoms in total. The van der Waals surface area contributed by atoms with Crippen molar-refractivity contribution in [2.24, 2.45) is 0 Å². The molecule has 0 spiro atoms. The minimum Gasteiger partial charge on any atom is -0.357 e. The number of urea groups is 1. The second kappa shape index (κ2) is 7.31. The van der Waals surface area contributed by atoms with Crippen LogP contribution in [0.25, 0.3) is 10.9 Å². The number of nitrogens with zero attached hydrogens (tertiary/aromatic N) is 2. The average Bonchev–Trinajstić information content (AvgIpc) is 3.01. The maximum absolute atomic E-state index is 13.3. The molecule has 1 aliphatic heterocycles. The van der Waals surface area contributed by atoms with Crippen molar-refractivity contribution in [3.63, 3.8) is 0 Å². The number of piperidine rings is 1. The SMILES string of the molecule is CC(=O)N1CCC[C@@H](N(C)C(=O)NCc2cc3cc(F)c(F)cc3[nH]2)C1. The molecule has 1 aromatic carbocycles. The number of halogens is 2. The molecule has 1 fully saturated rings. The number of aromatic nitrogens is 1. The highest BCUT2D eigenvalue weighted by Crippen LogP contribution is 2.19. The van der Waals surface area contributed by atoms with E-state index in [4.69, 9.17) is 0 Å². The van der Waals surface area contributed by atoms with Gasteiger partial charge in [0.1, 0.15) is 0 Å². The zero-order valence-electron chi connectivity index (χ0n) is 14.8. The van der Waals surface area contributed by atoms with E-state index >= 15 is 0 Å². The summed E-state index contributed by atoms with van der Waals surface area (Å²) in [5.74, 6) is -1.80. The molecule has 26 heavy (non-hydrogen) atoms. The van der Waals surface area contributed by atoms with E-state index in [9.17, 15) is 18.4 Å². The van der Waals surface area contributed by atoms with E-state index in [1.165, 1.54) is 6.92 Å². The first-order valence-electron chi connectivity index (χ1n) is 8.58. The number of carbonyl (C=O) groups is 2. The Kier molecular flexibility index (Phi) is 5.11. The van der Waals surface area contributed by atoms with E-state index in [0.717, 1.165) is 31.5 Å². The predicted octanol–water partition coefficient (Wildman–Crippen LogP) is 2.60. The summed E-state index contributed by atoms with van der Waals surface area (Å²) in [6, 6.07) is 3.61. The number of hydrogen-bond acceptors (Lipinski definition) is 2. The first kappa shape index (κ1) is 18.2. The second-order valence-electron chi connectivity index (χ2n) is 6.68. The van der Waals surface area contributed by atoms with Gasteiger partial charge in [0.05, 0.1) is 12.6 Å². The van der Waals surface area contributed by atoms with Crippen LogP contribution in [0.3, 0.4) is 0 Å². The number of aromatic amines is 1. The van der Waals surface area contributed by atoms with Gasteiger partial charge in [0.25, 0.3) is 0 Å². The van der Waals surface area contributed by atoms with E-state index in [1.807, 2.05) is 0 Å². The summed E-state index contributed by atoms with van der Waals surface area (Å²) in [4.78, 5) is 30.2. The lowest BCUT2D eigenvalue weighted by molar-refractivity contribution is -0.130. The zero-order chi connectivity index (χ0) is 18.8. The molecule has 0 radical (unpaired) electrons. The van der Waals surface area contributed by atoms with Crippen molar-refractivity contribution < 1.29 is 18.4 Å². The van der Waals surface area contributed by atoms with E-state index in [1.54, 1.807) is 22.9 Å². The van der Waals surface area contributed by atoms with Crippen LogP contribution in [0.1, 0.15) is 25.5 Å². The highest BCUT2D eigenvalue weighted by molar-refractivity contribution is 5.81. The summed E-state index contributed by atoms with van der Waals surface area (Å²) in [7, 11) is 1.71. The van der Waals surface area contributed by atoms with Crippen LogP contribution >= 0.6 is 0 Å². The number of nitrogens with one attached hydrogen (secondary N) is 2. The van der Waals surface area contributed by atoms with Crippen LogP contribution in [-0.2, 0) is 11.3 Å². The van der Waals surface area contributed by atoms with Gasteiger partial charge in [-0.15, -0.1) is 0 Å². The predicted molar refractivity (Wildman–Crippen MR) is 93.5 cm³/mol. The van der Waals surface area contributed by atoms with E-state index in [2.05, 4.69) is 10.3 Å². The lowest BCUT2D eigenvalue weighted by Gasteiger charge is -2.37. The third-order valence-electron chi connectivity index (χ3n) is 4.86. The summed E-state index contributed by atoms with van der Waals surface area (Å²) < 4.78 is 26.6. The number of hydrogen-bond donors (Lipinski definition) is 2. The van der Waals surface area contributed by atoms with Gasteiger partial charge < -0.3 is 20.1 Å². The quantitative estimate of drug-likeness (QED) is 0.879. The molecule has 1 aromatic heterocycles. The number of benzene rings is 1. The van der Waals surface area contributed by atoms with E-state index in [0.29, 0.717) is 23.1 Å². The van der Waals surface area contributed by atoms with Crippen molar-refractivity contribution in [2.45, 2.75) is 32.4 Å². The van der Waals surface area contributed by atoms with Crippen molar-refractivity contribution in [3.8, 4) is 0 Å². The molecule has 0 unspecified atom stereocenters. The van der Waals surface area contributed by atoms with Crippen LogP contribution in [0.2, 0.25) is 0 Å². The molecule has 140 valence electrons. The smallest absolute Gasteiger partial charge is 0.317 e. The Morgan fingerprint density at radius 3 is 2.77 bits per heavy atom. The van der Waals surface area contributed by atoms with Crippen molar-refractivity contribution in [1.29, 1.82) is 0 Å². The third kappa shape index (κ3) is 3.79. The Morgan fingerprint density at radius 2 is 2.04 bits per heavy atom. The summed E-state index contributed by atoms with van der Waals surface area (Å²) in [5.41, 5.74) is 1.13. The van der Waals surface area contributed by atoms with Gasteiger partial charge in [-0.1, -0.05) is 0 Å². The molecule has 0 bridgehead atoms. The van der Waals surface area contributed by atoms with Gasteiger partial charge in [-0.2, -0.15) is 0 Å². The number of rotatable bonds is 3. The van der Waals surface area contributed by atoms with Gasteiger partial charge in [-0.25, -0.2) is 13.6 Å². The Bertz CT molecular complexity index is 797. The third-order valence-corrected chi connectivity index (χ3v) is 4.86. The molecular formula is C18H22F2N4O2. The fourth-order valence-electron chi connectivity index (χ4n) is 3.30. The van der Waals surface area contributed by atoms with Crippen LogP contribution in [0.15, 0.2) is 18.2 Å². The molecule has 1 saturated heterocycles. The molecule has 2 N–H and O–H groups in total. The largest absolute Gasteiger partial charge is 0.357 e. The maximum Gasteiger partial charge on any atom is 0.317 e. The fraction of sp³-hybridized carbons (Fsp3) is 0.444.